The summed E-state index contributed by atoms with van der Waals surface area (Å²) in [6.45, 7) is 0.569. The molecule has 0 spiro atoms. The highest BCUT2D eigenvalue weighted by Gasteiger charge is 2.36. The summed E-state index contributed by atoms with van der Waals surface area (Å²) in [4.78, 5) is 15.0. The zero-order chi connectivity index (χ0) is 15.7. The highest BCUT2D eigenvalue weighted by Crippen LogP contribution is 2.36. The van der Waals surface area contributed by atoms with Gasteiger partial charge in [-0.2, -0.15) is 13.2 Å². The van der Waals surface area contributed by atoms with E-state index >= 15 is 0 Å². The summed E-state index contributed by atoms with van der Waals surface area (Å²) in [5, 5.41) is 9.55. The van der Waals surface area contributed by atoms with Crippen molar-refractivity contribution in [3.05, 3.63) is 27.4 Å². The summed E-state index contributed by atoms with van der Waals surface area (Å²) in [5.41, 5.74) is 0. The zero-order valence-corrected chi connectivity index (χ0v) is 12.8. The standard InChI is InChI=1S/C12H11F3N4OS2/c13-12(14,15)9-17-18-10(22-9)16-11(20)19-5-1-3-7(19)8-4-2-6-21-8/h2,4,6-7H,1,3,5H2,(H,16,18,20). The van der Waals surface area contributed by atoms with E-state index in [1.165, 1.54) is 0 Å². The Bertz CT molecular complexity index is 656. The lowest BCUT2D eigenvalue weighted by Gasteiger charge is -2.23. The molecule has 0 aliphatic carbocycles. The van der Waals surface area contributed by atoms with E-state index in [0.717, 1.165) is 17.7 Å². The van der Waals surface area contributed by atoms with E-state index in [1.54, 1.807) is 16.2 Å². The summed E-state index contributed by atoms with van der Waals surface area (Å²) >= 11 is 1.88. The Hall–Kier alpha value is -1.68. The minimum atomic E-state index is -4.55. The Balaban J connectivity index is 1.70. The number of amides is 2. The quantitative estimate of drug-likeness (QED) is 0.893. The number of aromatic nitrogens is 2. The normalized spacial score (nSPS) is 18.7. The van der Waals surface area contributed by atoms with Crippen LogP contribution in [0.4, 0.5) is 23.1 Å². The predicted octanol–water partition coefficient (Wildman–Crippen LogP) is 3.99. The van der Waals surface area contributed by atoms with Crippen LogP contribution < -0.4 is 5.32 Å². The fraction of sp³-hybridized carbons (Fsp3) is 0.417. The second-order valence-corrected chi connectivity index (χ2v) is 6.66. The fourth-order valence-corrected chi connectivity index (χ4v) is 3.81. The number of anilines is 1. The number of hydrogen-bond acceptors (Lipinski definition) is 5. The number of nitrogens with zero attached hydrogens (tertiary/aromatic N) is 3. The van der Waals surface area contributed by atoms with Crippen LogP contribution in [0.2, 0.25) is 0 Å². The van der Waals surface area contributed by atoms with E-state index in [0.29, 0.717) is 17.9 Å². The van der Waals surface area contributed by atoms with Gasteiger partial charge in [-0.05, 0) is 24.3 Å². The first-order valence-corrected chi connectivity index (χ1v) is 8.16. The van der Waals surface area contributed by atoms with Gasteiger partial charge in [-0.3, -0.25) is 5.32 Å². The van der Waals surface area contributed by atoms with Crippen LogP contribution in [0.25, 0.3) is 0 Å². The van der Waals surface area contributed by atoms with Crippen molar-refractivity contribution in [3.8, 4) is 0 Å². The van der Waals surface area contributed by atoms with Gasteiger partial charge in [0.1, 0.15) is 0 Å². The van der Waals surface area contributed by atoms with Gasteiger partial charge >= 0.3 is 12.2 Å². The molecule has 1 fully saturated rings. The molecule has 0 bridgehead atoms. The monoisotopic (exact) mass is 348 g/mol. The number of hydrogen-bond donors (Lipinski definition) is 1. The summed E-state index contributed by atoms with van der Waals surface area (Å²) in [7, 11) is 0. The number of urea groups is 1. The second kappa shape index (κ2) is 5.84. The first-order chi connectivity index (χ1) is 10.4. The summed E-state index contributed by atoms with van der Waals surface area (Å²) in [5.74, 6) is 0. The van der Waals surface area contributed by atoms with Gasteiger partial charge in [0, 0.05) is 11.4 Å². The maximum Gasteiger partial charge on any atom is 0.445 e. The molecule has 1 atom stereocenters. The molecular formula is C12H11F3N4OS2. The topological polar surface area (TPSA) is 58.1 Å². The smallest absolute Gasteiger partial charge is 0.317 e. The van der Waals surface area contributed by atoms with Crippen molar-refractivity contribution in [1.82, 2.24) is 15.1 Å². The number of thiophene rings is 1. The van der Waals surface area contributed by atoms with Crippen molar-refractivity contribution in [3.63, 3.8) is 0 Å². The van der Waals surface area contributed by atoms with Gasteiger partial charge in [-0.25, -0.2) is 4.79 Å². The molecule has 0 saturated carbocycles. The minimum Gasteiger partial charge on any atom is -0.317 e. The third-order valence-electron chi connectivity index (χ3n) is 3.27. The highest BCUT2D eigenvalue weighted by atomic mass is 32.1. The van der Waals surface area contributed by atoms with Crippen LogP contribution in [-0.4, -0.2) is 27.7 Å². The lowest BCUT2D eigenvalue weighted by molar-refractivity contribution is -0.138. The minimum absolute atomic E-state index is 0.0324. The van der Waals surface area contributed by atoms with Gasteiger partial charge in [0.2, 0.25) is 10.1 Å². The number of nitrogens with one attached hydrogen (secondary N) is 1. The number of alkyl halides is 3. The van der Waals surface area contributed by atoms with Crippen LogP contribution in [0.3, 0.4) is 0 Å². The molecule has 1 saturated heterocycles. The van der Waals surface area contributed by atoms with Crippen LogP contribution in [0, 0.1) is 0 Å². The summed E-state index contributed by atoms with van der Waals surface area (Å²) < 4.78 is 37.4. The van der Waals surface area contributed by atoms with E-state index in [-0.39, 0.29) is 11.2 Å². The van der Waals surface area contributed by atoms with Crippen LogP contribution >= 0.6 is 22.7 Å². The van der Waals surface area contributed by atoms with Crippen molar-refractivity contribution in [2.24, 2.45) is 0 Å². The molecule has 5 nitrogen and oxygen atoms in total. The van der Waals surface area contributed by atoms with Gasteiger partial charge in [0.25, 0.3) is 0 Å². The van der Waals surface area contributed by atoms with E-state index < -0.39 is 17.2 Å². The van der Waals surface area contributed by atoms with Gasteiger partial charge in [-0.1, -0.05) is 17.4 Å². The van der Waals surface area contributed by atoms with Crippen molar-refractivity contribution in [2.45, 2.75) is 25.1 Å². The number of carbonyl (C=O) groups is 1. The van der Waals surface area contributed by atoms with Crippen molar-refractivity contribution in [1.29, 1.82) is 0 Å². The van der Waals surface area contributed by atoms with Crippen LogP contribution in [0.5, 0.6) is 0 Å². The van der Waals surface area contributed by atoms with Crippen molar-refractivity contribution < 1.29 is 18.0 Å². The molecule has 0 aromatic carbocycles. The Kier molecular flexibility index (Phi) is 4.04. The zero-order valence-electron chi connectivity index (χ0n) is 11.1. The van der Waals surface area contributed by atoms with Crippen LogP contribution in [-0.2, 0) is 6.18 Å². The van der Waals surface area contributed by atoms with Crippen LogP contribution in [0.15, 0.2) is 17.5 Å². The number of halogens is 3. The average molecular weight is 348 g/mol. The molecule has 3 heterocycles. The molecule has 1 aliphatic rings. The fourth-order valence-electron chi connectivity index (χ4n) is 2.34. The highest BCUT2D eigenvalue weighted by molar-refractivity contribution is 7.15. The third-order valence-corrected chi connectivity index (χ3v) is 5.12. The molecule has 2 aromatic rings. The molecular weight excluding hydrogens is 337 g/mol. The van der Waals surface area contributed by atoms with E-state index in [2.05, 4.69) is 15.5 Å². The molecule has 10 heteroatoms. The molecule has 2 amide bonds. The first kappa shape index (κ1) is 15.2. The number of rotatable bonds is 2. The maximum atomic E-state index is 12.5. The van der Waals surface area contributed by atoms with Gasteiger partial charge in [0.15, 0.2) is 0 Å². The molecule has 2 aromatic heterocycles. The molecule has 1 N–H and O–H groups in total. The van der Waals surface area contributed by atoms with Crippen molar-refractivity contribution in [2.75, 3.05) is 11.9 Å². The van der Waals surface area contributed by atoms with Crippen LogP contribution in [0.1, 0.15) is 28.8 Å². The van der Waals surface area contributed by atoms with Gasteiger partial charge in [-0.15, -0.1) is 21.5 Å². The molecule has 22 heavy (non-hydrogen) atoms. The average Bonchev–Trinajstić information content (AvgIpc) is 3.18. The SMILES string of the molecule is O=C(Nc1nnc(C(F)(F)F)s1)N1CCCC1c1cccs1. The number of likely N-dealkylation sites (tertiary alicyclic amines) is 1. The molecule has 1 aliphatic heterocycles. The third kappa shape index (κ3) is 3.07. The second-order valence-electron chi connectivity index (χ2n) is 4.71. The molecule has 1 unspecified atom stereocenters. The molecule has 118 valence electrons. The van der Waals surface area contributed by atoms with E-state index in [9.17, 15) is 18.0 Å². The Morgan fingerprint density at radius 3 is 2.86 bits per heavy atom. The Morgan fingerprint density at radius 2 is 2.23 bits per heavy atom. The van der Waals surface area contributed by atoms with E-state index in [1.807, 2.05) is 17.5 Å². The summed E-state index contributed by atoms with van der Waals surface area (Å²) in [6.07, 6.45) is -2.84. The van der Waals surface area contributed by atoms with Crippen molar-refractivity contribution >= 4 is 33.8 Å². The maximum absolute atomic E-state index is 12.5. The van der Waals surface area contributed by atoms with Gasteiger partial charge < -0.3 is 4.90 Å². The Morgan fingerprint density at radius 1 is 1.41 bits per heavy atom. The van der Waals surface area contributed by atoms with Gasteiger partial charge in [0.05, 0.1) is 6.04 Å². The summed E-state index contributed by atoms with van der Waals surface area (Å²) in [6, 6.07) is 3.39. The molecule has 0 radical (unpaired) electrons. The lowest BCUT2D eigenvalue weighted by atomic mass is 10.2. The van der Waals surface area contributed by atoms with E-state index in [4.69, 9.17) is 0 Å². The molecule has 3 rings (SSSR count). The largest absolute Gasteiger partial charge is 0.445 e. The predicted molar refractivity (Wildman–Crippen MR) is 76.9 cm³/mol. The Labute approximate surface area is 131 Å². The lowest BCUT2D eigenvalue weighted by Crippen LogP contribution is -2.34. The first-order valence-electron chi connectivity index (χ1n) is 6.47. The number of carbonyl (C=O) groups excluding carboxylic acids is 1.